The van der Waals surface area contributed by atoms with E-state index in [-0.39, 0.29) is 23.1 Å². The molecule has 4 rings (SSSR count). The van der Waals surface area contributed by atoms with E-state index in [1.54, 1.807) is 25.3 Å². The molecule has 0 N–H and O–H groups in total. The summed E-state index contributed by atoms with van der Waals surface area (Å²) in [6, 6.07) is 10.3. The van der Waals surface area contributed by atoms with Crippen LogP contribution in [0.2, 0.25) is 5.02 Å². The van der Waals surface area contributed by atoms with Gasteiger partial charge in [-0.25, -0.2) is 4.39 Å². The van der Waals surface area contributed by atoms with Crippen molar-refractivity contribution in [3.05, 3.63) is 62.8 Å². The lowest BCUT2D eigenvalue weighted by molar-refractivity contribution is -0.0858. The highest BCUT2D eigenvalue weighted by Crippen LogP contribution is 2.32. The van der Waals surface area contributed by atoms with Gasteiger partial charge < -0.3 is 14.4 Å². The Morgan fingerprint density at radius 1 is 1.28 bits per heavy atom. The molecule has 5 nitrogen and oxygen atoms in total. The molecule has 0 saturated carbocycles. The minimum absolute atomic E-state index is 0.0251. The van der Waals surface area contributed by atoms with Crippen molar-refractivity contribution in [2.45, 2.75) is 12.1 Å². The van der Waals surface area contributed by atoms with Gasteiger partial charge in [-0.15, -0.1) is 0 Å². The van der Waals surface area contributed by atoms with Gasteiger partial charge in [0, 0.05) is 26.2 Å². The number of halogens is 3. The molecule has 0 aliphatic carbocycles. The van der Waals surface area contributed by atoms with Gasteiger partial charge in [0.1, 0.15) is 11.6 Å². The summed E-state index contributed by atoms with van der Waals surface area (Å²) in [4.78, 5) is 17.2. The Labute approximate surface area is 182 Å². The second kappa shape index (κ2) is 8.60. The maximum absolute atomic E-state index is 13.4. The summed E-state index contributed by atoms with van der Waals surface area (Å²) in [6.07, 6.45) is -0.154. The Bertz CT molecular complexity index is 929. The van der Waals surface area contributed by atoms with E-state index in [0.717, 1.165) is 12.1 Å². The molecule has 2 fully saturated rings. The molecule has 2 saturated heterocycles. The maximum Gasteiger partial charge on any atom is 0.255 e. The second-order valence-corrected chi connectivity index (χ2v) is 8.42. The molecule has 1 amide bonds. The Kier molecular flexibility index (Phi) is 6.11. The summed E-state index contributed by atoms with van der Waals surface area (Å²) < 4.78 is 25.4. The lowest BCUT2D eigenvalue weighted by Crippen LogP contribution is -2.59. The van der Waals surface area contributed by atoms with Gasteiger partial charge in [-0.3, -0.25) is 9.69 Å². The molecular weight excluding hydrogens is 463 g/mol. The molecule has 1 unspecified atom stereocenters. The van der Waals surface area contributed by atoms with Crippen LogP contribution in [0.15, 0.2) is 40.9 Å². The fourth-order valence-electron chi connectivity index (χ4n) is 3.89. The number of rotatable bonds is 3. The van der Waals surface area contributed by atoms with Crippen molar-refractivity contribution < 1.29 is 18.7 Å². The topological polar surface area (TPSA) is 42.0 Å². The first-order valence-electron chi connectivity index (χ1n) is 9.40. The zero-order valence-electron chi connectivity index (χ0n) is 15.9. The number of benzene rings is 2. The predicted octanol–water partition coefficient (Wildman–Crippen LogP) is 4.15. The number of carbonyl (C=O) groups excluding carboxylic acids is 1. The molecule has 2 aliphatic heterocycles. The predicted molar refractivity (Wildman–Crippen MR) is 112 cm³/mol. The summed E-state index contributed by atoms with van der Waals surface area (Å²) in [5.74, 6) is 0.180. The molecule has 29 heavy (non-hydrogen) atoms. The van der Waals surface area contributed by atoms with Crippen LogP contribution in [0, 0.1) is 5.82 Å². The third-order valence-corrected chi connectivity index (χ3v) is 6.62. The molecule has 154 valence electrons. The van der Waals surface area contributed by atoms with E-state index in [0.29, 0.717) is 42.0 Å². The fourth-order valence-corrected chi connectivity index (χ4v) is 4.67. The Hall–Kier alpha value is -1.67. The fraction of sp³-hybridized carbons (Fsp3) is 0.381. The van der Waals surface area contributed by atoms with Crippen LogP contribution >= 0.6 is 27.5 Å². The highest BCUT2D eigenvalue weighted by atomic mass is 79.9. The molecule has 0 aromatic heterocycles. The van der Waals surface area contributed by atoms with Crippen LogP contribution in [0.5, 0.6) is 5.75 Å². The first-order valence-corrected chi connectivity index (χ1v) is 10.6. The number of piperazine rings is 1. The number of morpholine rings is 1. The molecule has 0 bridgehead atoms. The average Bonchev–Trinajstić information content (AvgIpc) is 2.74. The van der Waals surface area contributed by atoms with Crippen LogP contribution < -0.4 is 4.74 Å². The zero-order valence-corrected chi connectivity index (χ0v) is 18.2. The molecule has 2 atom stereocenters. The highest BCUT2D eigenvalue weighted by molar-refractivity contribution is 9.10. The summed E-state index contributed by atoms with van der Waals surface area (Å²) in [6.45, 7) is 3.18. The van der Waals surface area contributed by atoms with Crippen LogP contribution in [0.25, 0.3) is 0 Å². The minimum Gasteiger partial charge on any atom is -0.496 e. The van der Waals surface area contributed by atoms with Gasteiger partial charge in [0.2, 0.25) is 0 Å². The van der Waals surface area contributed by atoms with Crippen LogP contribution in [0.3, 0.4) is 0 Å². The average molecular weight is 484 g/mol. The molecule has 2 heterocycles. The minimum atomic E-state index is -0.431. The zero-order chi connectivity index (χ0) is 20.5. The van der Waals surface area contributed by atoms with E-state index in [9.17, 15) is 9.18 Å². The van der Waals surface area contributed by atoms with Crippen LogP contribution in [-0.4, -0.2) is 61.6 Å². The lowest BCUT2D eigenvalue weighted by atomic mass is 10.0. The normalized spacial score (nSPS) is 22.3. The summed E-state index contributed by atoms with van der Waals surface area (Å²) in [7, 11) is 1.58. The number of amides is 1. The molecule has 2 aromatic carbocycles. The summed E-state index contributed by atoms with van der Waals surface area (Å²) in [5.41, 5.74) is 1.46. The SMILES string of the molecule is COc1cccc(C(=O)N2CCN3CC(c4ccc(F)c(Cl)c4)OC[C@@H]3C2)c1Br. The van der Waals surface area contributed by atoms with Gasteiger partial charge in [0.25, 0.3) is 5.91 Å². The summed E-state index contributed by atoms with van der Waals surface area (Å²) in [5, 5.41) is 0.104. The molecule has 8 heteroatoms. The second-order valence-electron chi connectivity index (χ2n) is 7.22. The van der Waals surface area contributed by atoms with E-state index >= 15 is 0 Å². The number of ether oxygens (including phenoxy) is 2. The molecule has 0 spiro atoms. The highest BCUT2D eigenvalue weighted by Gasteiger charge is 2.36. The first-order chi connectivity index (χ1) is 14.0. The smallest absolute Gasteiger partial charge is 0.255 e. The molecule has 2 aliphatic rings. The quantitative estimate of drug-likeness (QED) is 0.658. The molecular formula is C21H21BrClFN2O3. The molecule has 0 radical (unpaired) electrons. The Balaban J connectivity index is 1.43. The van der Waals surface area contributed by atoms with Gasteiger partial charge >= 0.3 is 0 Å². The van der Waals surface area contributed by atoms with Gasteiger partial charge in [-0.1, -0.05) is 23.7 Å². The number of carbonyl (C=O) groups is 1. The van der Waals surface area contributed by atoms with Crippen LogP contribution in [-0.2, 0) is 4.74 Å². The van der Waals surface area contributed by atoms with Crippen molar-refractivity contribution >= 4 is 33.4 Å². The third kappa shape index (κ3) is 4.14. The largest absolute Gasteiger partial charge is 0.496 e. The number of hydrogen-bond donors (Lipinski definition) is 0. The van der Waals surface area contributed by atoms with Gasteiger partial charge in [0.15, 0.2) is 0 Å². The van der Waals surface area contributed by atoms with Gasteiger partial charge in [-0.2, -0.15) is 0 Å². The molecule has 2 aromatic rings. The van der Waals surface area contributed by atoms with E-state index < -0.39 is 5.82 Å². The number of fused-ring (bicyclic) bond motifs is 1. The van der Waals surface area contributed by atoms with Crippen molar-refractivity contribution in [3.8, 4) is 5.75 Å². The standard InChI is InChI=1S/C21H21BrClFN2O3/c1-28-18-4-2-3-15(20(18)22)21(27)26-8-7-25-11-19(29-12-14(25)10-26)13-5-6-17(24)16(23)9-13/h2-6,9,14,19H,7-8,10-12H2,1H3/t14-,19?/m0/s1. The van der Waals surface area contributed by atoms with Crippen molar-refractivity contribution in [1.82, 2.24) is 9.80 Å². The van der Waals surface area contributed by atoms with Crippen molar-refractivity contribution in [2.75, 3.05) is 39.9 Å². The van der Waals surface area contributed by atoms with Crippen LogP contribution in [0.4, 0.5) is 4.39 Å². The third-order valence-electron chi connectivity index (χ3n) is 5.51. The monoisotopic (exact) mass is 482 g/mol. The van der Waals surface area contributed by atoms with Gasteiger partial charge in [-0.05, 0) is 45.8 Å². The van der Waals surface area contributed by atoms with Gasteiger partial charge in [0.05, 0.1) is 40.9 Å². The van der Waals surface area contributed by atoms with E-state index in [1.807, 2.05) is 17.0 Å². The van der Waals surface area contributed by atoms with Crippen molar-refractivity contribution in [1.29, 1.82) is 0 Å². The lowest BCUT2D eigenvalue weighted by Gasteiger charge is -2.46. The number of methoxy groups -OCH3 is 1. The Morgan fingerprint density at radius 3 is 2.86 bits per heavy atom. The first kappa shape index (κ1) is 20.6. The van der Waals surface area contributed by atoms with Crippen molar-refractivity contribution in [3.63, 3.8) is 0 Å². The number of nitrogens with zero attached hydrogens (tertiary/aromatic N) is 2. The maximum atomic E-state index is 13.4. The van der Waals surface area contributed by atoms with Crippen molar-refractivity contribution in [2.24, 2.45) is 0 Å². The van der Waals surface area contributed by atoms with E-state index in [2.05, 4.69) is 20.8 Å². The van der Waals surface area contributed by atoms with E-state index in [4.69, 9.17) is 21.1 Å². The number of hydrogen-bond acceptors (Lipinski definition) is 4. The summed E-state index contributed by atoms with van der Waals surface area (Å²) >= 11 is 9.39. The Morgan fingerprint density at radius 2 is 2.10 bits per heavy atom. The van der Waals surface area contributed by atoms with E-state index in [1.165, 1.54) is 6.07 Å². The van der Waals surface area contributed by atoms with Crippen LogP contribution in [0.1, 0.15) is 22.0 Å².